The predicted octanol–water partition coefficient (Wildman–Crippen LogP) is 4.95. The number of nitrogens with zero attached hydrogens (tertiary/aromatic N) is 1. The zero-order valence-corrected chi connectivity index (χ0v) is 17.1. The Morgan fingerprint density at radius 1 is 1.07 bits per heavy atom. The summed E-state index contributed by atoms with van der Waals surface area (Å²) >= 11 is 1.37. The maximum atomic E-state index is 10.8. The van der Waals surface area contributed by atoms with Gasteiger partial charge in [0.15, 0.2) is 5.60 Å². The fourth-order valence-electron chi connectivity index (χ4n) is 6.84. The molecule has 4 aliphatic carbocycles. The van der Waals surface area contributed by atoms with Crippen LogP contribution in [0.3, 0.4) is 0 Å². The summed E-state index contributed by atoms with van der Waals surface area (Å²) in [4.78, 5) is 13.3. The zero-order valence-electron chi connectivity index (χ0n) is 16.3. The Bertz CT molecular complexity index is 992. The van der Waals surface area contributed by atoms with Gasteiger partial charge in [0, 0.05) is 23.1 Å². The first-order valence-electron chi connectivity index (χ1n) is 10.4. The molecule has 0 radical (unpaired) electrons. The van der Waals surface area contributed by atoms with Gasteiger partial charge in [0.1, 0.15) is 16.7 Å². The average Bonchev–Trinajstić information content (AvgIpc) is 3.16. The van der Waals surface area contributed by atoms with Crippen LogP contribution < -0.4 is 0 Å². The van der Waals surface area contributed by atoms with Gasteiger partial charge >= 0.3 is 0 Å². The van der Waals surface area contributed by atoms with Crippen LogP contribution in [0.25, 0.3) is 10.4 Å². The van der Waals surface area contributed by atoms with Gasteiger partial charge in [-0.25, -0.2) is 4.89 Å². The topological polar surface area (TPSA) is 71.7 Å². The molecule has 5 fully saturated rings. The average molecular weight is 410 g/mol. The van der Waals surface area contributed by atoms with E-state index in [9.17, 15) is 5.11 Å². The summed E-state index contributed by atoms with van der Waals surface area (Å²) in [5.41, 5.74) is 1.06. The van der Waals surface area contributed by atoms with Crippen LogP contribution in [0.1, 0.15) is 42.5 Å². The van der Waals surface area contributed by atoms with Crippen molar-refractivity contribution in [2.75, 3.05) is 7.11 Å². The van der Waals surface area contributed by atoms with E-state index in [2.05, 4.69) is 6.07 Å². The molecule has 1 atom stereocenters. The Hall–Kier alpha value is -1.91. The van der Waals surface area contributed by atoms with Crippen molar-refractivity contribution in [2.45, 2.75) is 43.5 Å². The molecule has 7 rings (SSSR count). The third-order valence-electron chi connectivity index (χ3n) is 7.81. The molecule has 29 heavy (non-hydrogen) atoms. The first-order chi connectivity index (χ1) is 14.1. The van der Waals surface area contributed by atoms with Crippen molar-refractivity contribution in [2.24, 2.45) is 23.7 Å². The maximum Gasteiger partial charge on any atom is 0.260 e. The molecule has 1 saturated heterocycles. The summed E-state index contributed by atoms with van der Waals surface area (Å²) in [6.07, 6.45) is 6.08. The SMILES string of the molecule is COC1(c2ccc(-c3ccc(C#N)s3)c(O)c2)OOC12C1CC3CC(C1)CC2C3. The number of aromatic hydroxyl groups is 1. The van der Waals surface area contributed by atoms with Crippen LogP contribution in [-0.2, 0) is 20.3 Å². The smallest absolute Gasteiger partial charge is 0.260 e. The standard InChI is InChI=1S/C23H23NO4S/c1-26-23(15-2-4-19(20(25)11-15)21-5-3-18(12-24)29-21)22(27-28-23)16-7-13-6-14(9-16)10-17(22)8-13/h2-5,11,13-14,16-17,25H,6-10H2,1H3. The van der Waals surface area contributed by atoms with Crippen molar-refractivity contribution < 1.29 is 19.6 Å². The largest absolute Gasteiger partial charge is 0.507 e. The molecule has 5 nitrogen and oxygen atoms in total. The van der Waals surface area contributed by atoms with Crippen molar-refractivity contribution in [1.82, 2.24) is 0 Å². The fraction of sp³-hybridized carbons (Fsp3) is 0.522. The Labute approximate surface area is 173 Å². The highest BCUT2D eigenvalue weighted by atomic mass is 32.1. The van der Waals surface area contributed by atoms with Crippen molar-refractivity contribution in [3.8, 4) is 22.3 Å². The first kappa shape index (κ1) is 17.9. The molecule has 4 saturated carbocycles. The summed E-state index contributed by atoms with van der Waals surface area (Å²) in [6.45, 7) is 0. The molecule has 1 unspecified atom stereocenters. The number of hydrogen-bond acceptors (Lipinski definition) is 6. The van der Waals surface area contributed by atoms with Gasteiger partial charge in [-0.1, -0.05) is 6.07 Å². The molecule has 1 aromatic heterocycles. The second kappa shape index (κ2) is 6.05. The number of rotatable bonds is 3. The molecule has 6 heteroatoms. The number of nitriles is 1. The highest BCUT2D eigenvalue weighted by Gasteiger charge is 2.76. The van der Waals surface area contributed by atoms with Crippen LogP contribution in [0.15, 0.2) is 30.3 Å². The van der Waals surface area contributed by atoms with Crippen LogP contribution in [0.5, 0.6) is 5.75 Å². The van der Waals surface area contributed by atoms with Crippen molar-refractivity contribution >= 4 is 11.3 Å². The highest BCUT2D eigenvalue weighted by Crippen LogP contribution is 2.69. The van der Waals surface area contributed by atoms with Gasteiger partial charge in [-0.05, 0) is 80.0 Å². The lowest BCUT2D eigenvalue weighted by Gasteiger charge is -2.68. The molecule has 1 aromatic carbocycles. The summed E-state index contributed by atoms with van der Waals surface area (Å²) in [7, 11) is 1.68. The van der Waals surface area contributed by atoms with Gasteiger partial charge in [-0.3, -0.25) is 0 Å². The third-order valence-corrected chi connectivity index (χ3v) is 8.83. The minimum Gasteiger partial charge on any atom is -0.507 e. The third kappa shape index (κ3) is 2.19. The number of benzene rings is 1. The second-order valence-electron chi connectivity index (χ2n) is 9.09. The van der Waals surface area contributed by atoms with Crippen LogP contribution in [0.4, 0.5) is 0 Å². The van der Waals surface area contributed by atoms with Gasteiger partial charge in [-0.2, -0.15) is 10.1 Å². The normalized spacial score (nSPS) is 39.4. The number of ether oxygens (including phenoxy) is 1. The van der Waals surface area contributed by atoms with Gasteiger partial charge in [0.05, 0.1) is 0 Å². The zero-order chi connectivity index (χ0) is 19.8. The molecular formula is C23H23NO4S. The Kier molecular flexibility index (Phi) is 3.74. The maximum absolute atomic E-state index is 10.8. The first-order valence-corrected chi connectivity index (χ1v) is 11.2. The van der Waals surface area contributed by atoms with E-state index in [0.29, 0.717) is 22.3 Å². The Morgan fingerprint density at radius 3 is 2.31 bits per heavy atom. The van der Waals surface area contributed by atoms with Gasteiger partial charge in [0.2, 0.25) is 0 Å². The van der Waals surface area contributed by atoms with E-state index in [4.69, 9.17) is 19.8 Å². The molecule has 4 bridgehead atoms. The van der Waals surface area contributed by atoms with E-state index < -0.39 is 11.4 Å². The van der Waals surface area contributed by atoms with Gasteiger partial charge in [0.25, 0.3) is 5.79 Å². The quantitative estimate of drug-likeness (QED) is 0.727. The molecule has 5 aliphatic rings. The van der Waals surface area contributed by atoms with Crippen LogP contribution in [0, 0.1) is 35.0 Å². The van der Waals surface area contributed by atoms with Crippen LogP contribution in [0.2, 0.25) is 0 Å². The highest BCUT2D eigenvalue weighted by molar-refractivity contribution is 7.16. The molecular weight excluding hydrogens is 386 g/mol. The molecule has 150 valence electrons. The Balaban J connectivity index is 1.41. The number of phenols is 1. The van der Waals surface area contributed by atoms with Gasteiger partial charge < -0.3 is 9.84 Å². The molecule has 1 N–H and O–H groups in total. The van der Waals surface area contributed by atoms with Gasteiger partial charge in [-0.15, -0.1) is 11.3 Å². The molecule has 1 aliphatic heterocycles. The summed E-state index contributed by atoms with van der Waals surface area (Å²) < 4.78 is 6.06. The fourth-order valence-corrected chi connectivity index (χ4v) is 7.68. The minimum absolute atomic E-state index is 0.166. The van der Waals surface area contributed by atoms with E-state index in [-0.39, 0.29) is 5.75 Å². The molecule has 2 aromatic rings. The van der Waals surface area contributed by atoms with E-state index in [0.717, 1.165) is 22.3 Å². The van der Waals surface area contributed by atoms with Crippen molar-refractivity contribution in [3.63, 3.8) is 0 Å². The van der Waals surface area contributed by atoms with Crippen LogP contribution >= 0.6 is 11.3 Å². The second-order valence-corrected chi connectivity index (χ2v) is 10.2. The van der Waals surface area contributed by atoms with E-state index >= 15 is 0 Å². The lowest BCUT2D eigenvalue weighted by Crippen LogP contribution is -2.76. The minimum atomic E-state index is -0.973. The number of hydrogen-bond donors (Lipinski definition) is 1. The number of thiophene rings is 1. The van der Waals surface area contributed by atoms with Crippen LogP contribution in [-0.4, -0.2) is 17.8 Å². The summed E-state index contributed by atoms with van der Waals surface area (Å²) in [5, 5.41) is 19.9. The van der Waals surface area contributed by atoms with E-state index in [1.165, 1.54) is 43.4 Å². The monoisotopic (exact) mass is 409 g/mol. The summed E-state index contributed by atoms with van der Waals surface area (Å²) in [5.74, 6) is 1.68. The van der Waals surface area contributed by atoms with E-state index in [1.54, 1.807) is 19.2 Å². The molecule has 0 amide bonds. The Morgan fingerprint density at radius 2 is 1.79 bits per heavy atom. The molecule has 2 heterocycles. The number of phenolic OH excluding ortho intramolecular Hbond substituents is 1. The predicted molar refractivity (Wildman–Crippen MR) is 107 cm³/mol. The number of methoxy groups -OCH3 is 1. The van der Waals surface area contributed by atoms with Crippen molar-refractivity contribution in [3.05, 3.63) is 40.8 Å². The lowest BCUT2D eigenvalue weighted by atomic mass is 9.47. The lowest BCUT2D eigenvalue weighted by molar-refractivity contribution is -0.645. The summed E-state index contributed by atoms with van der Waals surface area (Å²) in [6, 6.07) is 11.4. The van der Waals surface area contributed by atoms with Crippen molar-refractivity contribution in [1.29, 1.82) is 5.26 Å². The molecule has 1 spiro atoms. The van der Waals surface area contributed by atoms with E-state index in [1.807, 2.05) is 18.2 Å².